The zero-order valence-corrected chi connectivity index (χ0v) is 22.2. The van der Waals surface area contributed by atoms with Gasteiger partial charge in [0.25, 0.3) is 0 Å². The van der Waals surface area contributed by atoms with Gasteiger partial charge in [-0.15, -0.1) is 24.0 Å². The lowest BCUT2D eigenvalue weighted by Crippen LogP contribution is -2.43. The molecular weight excluding hydrogens is 521 g/mol. The smallest absolute Gasteiger partial charge is 0.412 e. The lowest BCUT2D eigenvalue weighted by atomic mass is 10.1. The number of amides is 2. The molecule has 32 heavy (non-hydrogen) atoms. The number of ether oxygens (including phenoxy) is 1. The Balaban J connectivity index is 0.00000512. The molecule has 0 spiro atoms. The fraction of sp³-hybridized carbons (Fsp3) is 0.609. The molecule has 3 N–H and O–H groups in total. The standard InChI is InChI=1S/C23H37N5O3.HI/c1-23(2,3)31-22(30)27-19-12-10-17(11-13-19)14-15-24-21(25-16-20(29)28(4)5)26-18-8-6-7-9-18;/h10-13,18H,6-9,14-16H2,1-5H3,(H,27,30)(H2,24,25,26);1H. The molecule has 2 rings (SSSR count). The number of benzene rings is 1. The van der Waals surface area contributed by atoms with Crippen LogP contribution in [0.5, 0.6) is 0 Å². The number of carbonyl (C=O) groups is 2. The molecule has 1 aromatic rings. The number of halogens is 1. The number of anilines is 1. The molecule has 9 heteroatoms. The van der Waals surface area contributed by atoms with Crippen LogP contribution < -0.4 is 16.0 Å². The van der Waals surface area contributed by atoms with Crippen LogP contribution in [0.3, 0.4) is 0 Å². The number of nitrogens with zero attached hydrogens (tertiary/aromatic N) is 2. The van der Waals surface area contributed by atoms with E-state index in [0.29, 0.717) is 24.2 Å². The molecule has 0 heterocycles. The highest BCUT2D eigenvalue weighted by atomic mass is 127. The molecule has 1 saturated carbocycles. The maximum Gasteiger partial charge on any atom is 0.412 e. The second kappa shape index (κ2) is 13.5. The first-order chi connectivity index (χ1) is 14.6. The third-order valence-electron chi connectivity index (χ3n) is 4.87. The summed E-state index contributed by atoms with van der Waals surface area (Å²) < 4.78 is 5.26. The van der Waals surface area contributed by atoms with E-state index in [1.54, 1.807) is 19.0 Å². The van der Waals surface area contributed by atoms with Gasteiger partial charge in [0.05, 0.1) is 0 Å². The second-order valence-corrected chi connectivity index (χ2v) is 9.08. The van der Waals surface area contributed by atoms with Gasteiger partial charge in [-0.1, -0.05) is 25.0 Å². The molecule has 1 fully saturated rings. The van der Waals surface area contributed by atoms with E-state index >= 15 is 0 Å². The molecule has 1 aromatic carbocycles. The Kier molecular flexibility index (Phi) is 11.8. The van der Waals surface area contributed by atoms with Crippen molar-refractivity contribution in [1.29, 1.82) is 0 Å². The predicted molar refractivity (Wildman–Crippen MR) is 140 cm³/mol. The highest BCUT2D eigenvalue weighted by Crippen LogP contribution is 2.17. The Labute approximate surface area is 209 Å². The summed E-state index contributed by atoms with van der Waals surface area (Å²) >= 11 is 0. The van der Waals surface area contributed by atoms with Crippen LogP contribution in [-0.4, -0.2) is 61.7 Å². The Bertz CT molecular complexity index is 754. The van der Waals surface area contributed by atoms with Gasteiger partial charge in [-0.05, 0) is 57.7 Å². The fourth-order valence-electron chi connectivity index (χ4n) is 3.21. The first kappa shape index (κ1) is 28.0. The zero-order chi connectivity index (χ0) is 22.9. The van der Waals surface area contributed by atoms with Crippen molar-refractivity contribution < 1.29 is 14.3 Å². The fourth-order valence-corrected chi connectivity index (χ4v) is 3.21. The number of likely N-dealkylation sites (N-methyl/N-ethyl adjacent to an activating group) is 1. The van der Waals surface area contributed by atoms with Gasteiger partial charge in [-0.2, -0.15) is 0 Å². The number of rotatable bonds is 7. The Morgan fingerprint density at radius 2 is 1.75 bits per heavy atom. The molecule has 8 nitrogen and oxygen atoms in total. The van der Waals surface area contributed by atoms with Crippen molar-refractivity contribution in [3.8, 4) is 0 Å². The van der Waals surface area contributed by atoms with Gasteiger partial charge in [0.2, 0.25) is 5.91 Å². The van der Waals surface area contributed by atoms with Crippen LogP contribution >= 0.6 is 24.0 Å². The van der Waals surface area contributed by atoms with Gasteiger partial charge in [0.1, 0.15) is 12.1 Å². The van der Waals surface area contributed by atoms with Crippen LogP contribution in [0, 0.1) is 0 Å². The molecule has 0 aliphatic heterocycles. The summed E-state index contributed by atoms with van der Waals surface area (Å²) in [5.41, 5.74) is 1.30. The minimum Gasteiger partial charge on any atom is -0.444 e. The monoisotopic (exact) mass is 559 g/mol. The van der Waals surface area contributed by atoms with Gasteiger partial charge in [0.15, 0.2) is 5.96 Å². The normalized spacial score (nSPS) is 14.3. The number of hydrogen-bond donors (Lipinski definition) is 3. The zero-order valence-electron chi connectivity index (χ0n) is 19.9. The van der Waals surface area contributed by atoms with Crippen molar-refractivity contribution in [2.24, 2.45) is 4.99 Å². The first-order valence-electron chi connectivity index (χ1n) is 11.0. The van der Waals surface area contributed by atoms with E-state index in [1.807, 2.05) is 45.0 Å². The van der Waals surface area contributed by atoms with E-state index in [-0.39, 0.29) is 36.4 Å². The molecule has 0 radical (unpaired) electrons. The van der Waals surface area contributed by atoms with Gasteiger partial charge < -0.3 is 20.3 Å². The SMILES string of the molecule is CN(C)C(=O)CN=C(NCCc1ccc(NC(=O)OC(C)(C)C)cc1)NC1CCCC1.I. The Morgan fingerprint density at radius 3 is 2.31 bits per heavy atom. The van der Waals surface area contributed by atoms with Crippen molar-refractivity contribution in [3.05, 3.63) is 29.8 Å². The molecule has 0 atom stereocenters. The van der Waals surface area contributed by atoms with Crippen molar-refractivity contribution >= 4 is 47.6 Å². The number of nitrogens with one attached hydrogen (secondary N) is 3. The lowest BCUT2D eigenvalue weighted by molar-refractivity contribution is -0.127. The maximum absolute atomic E-state index is 11.9. The number of aliphatic imine (C=N–C) groups is 1. The lowest BCUT2D eigenvalue weighted by Gasteiger charge is -2.19. The van der Waals surface area contributed by atoms with Crippen LogP contribution in [0.2, 0.25) is 0 Å². The van der Waals surface area contributed by atoms with Crippen LogP contribution in [0.1, 0.15) is 52.0 Å². The van der Waals surface area contributed by atoms with Crippen molar-refractivity contribution in [2.45, 2.75) is 64.5 Å². The van der Waals surface area contributed by atoms with Crippen LogP contribution in [0.4, 0.5) is 10.5 Å². The van der Waals surface area contributed by atoms with Gasteiger partial charge in [-0.3, -0.25) is 10.1 Å². The molecular formula is C23H38IN5O3. The van der Waals surface area contributed by atoms with E-state index in [0.717, 1.165) is 24.8 Å². The summed E-state index contributed by atoms with van der Waals surface area (Å²) in [6, 6.07) is 8.09. The number of guanidine groups is 1. The van der Waals surface area contributed by atoms with Crippen LogP contribution in [0.15, 0.2) is 29.3 Å². The van der Waals surface area contributed by atoms with Gasteiger partial charge in [0, 0.05) is 32.4 Å². The summed E-state index contributed by atoms with van der Waals surface area (Å²) in [5, 5.41) is 9.53. The van der Waals surface area contributed by atoms with E-state index in [2.05, 4.69) is 20.9 Å². The maximum atomic E-state index is 11.9. The second-order valence-electron chi connectivity index (χ2n) is 9.08. The highest BCUT2D eigenvalue weighted by Gasteiger charge is 2.17. The summed E-state index contributed by atoms with van der Waals surface area (Å²) in [6.45, 7) is 6.31. The summed E-state index contributed by atoms with van der Waals surface area (Å²) in [5.74, 6) is 0.658. The summed E-state index contributed by atoms with van der Waals surface area (Å²) in [6.07, 6.45) is 5.05. The third kappa shape index (κ3) is 11.0. The van der Waals surface area contributed by atoms with E-state index in [4.69, 9.17) is 4.74 Å². The topological polar surface area (TPSA) is 95.1 Å². The number of hydrogen-bond acceptors (Lipinski definition) is 4. The molecule has 180 valence electrons. The van der Waals surface area contributed by atoms with Crippen LogP contribution in [-0.2, 0) is 16.0 Å². The largest absolute Gasteiger partial charge is 0.444 e. The Hall–Kier alpha value is -2.04. The molecule has 0 aromatic heterocycles. The molecule has 0 unspecified atom stereocenters. The minimum absolute atomic E-state index is 0. The average molecular weight is 559 g/mol. The van der Waals surface area contributed by atoms with E-state index in [1.165, 1.54) is 12.8 Å². The molecule has 0 bridgehead atoms. The third-order valence-corrected chi connectivity index (χ3v) is 4.87. The van der Waals surface area contributed by atoms with Gasteiger partial charge >= 0.3 is 6.09 Å². The summed E-state index contributed by atoms with van der Waals surface area (Å²) in [7, 11) is 3.47. The minimum atomic E-state index is -0.529. The first-order valence-corrected chi connectivity index (χ1v) is 11.0. The number of carbonyl (C=O) groups excluding carboxylic acids is 2. The summed E-state index contributed by atoms with van der Waals surface area (Å²) in [4.78, 5) is 29.8. The predicted octanol–water partition coefficient (Wildman–Crippen LogP) is 3.76. The van der Waals surface area contributed by atoms with Crippen molar-refractivity contribution in [2.75, 3.05) is 32.5 Å². The van der Waals surface area contributed by atoms with Gasteiger partial charge in [-0.25, -0.2) is 9.79 Å². The average Bonchev–Trinajstić information content (AvgIpc) is 3.18. The van der Waals surface area contributed by atoms with E-state index < -0.39 is 11.7 Å². The van der Waals surface area contributed by atoms with Crippen molar-refractivity contribution in [3.63, 3.8) is 0 Å². The van der Waals surface area contributed by atoms with Crippen molar-refractivity contribution in [1.82, 2.24) is 15.5 Å². The molecule has 1 aliphatic carbocycles. The highest BCUT2D eigenvalue weighted by molar-refractivity contribution is 14.0. The quantitative estimate of drug-likeness (QED) is 0.269. The molecule has 1 aliphatic rings. The van der Waals surface area contributed by atoms with E-state index in [9.17, 15) is 9.59 Å². The Morgan fingerprint density at radius 1 is 1.12 bits per heavy atom. The van der Waals surface area contributed by atoms with Crippen LogP contribution in [0.25, 0.3) is 0 Å². The molecule has 0 saturated heterocycles. The molecule has 2 amide bonds.